The summed E-state index contributed by atoms with van der Waals surface area (Å²) in [6.07, 6.45) is 6.84. The van der Waals surface area contributed by atoms with Gasteiger partial charge in [0.2, 0.25) is 0 Å². The van der Waals surface area contributed by atoms with Gasteiger partial charge in [-0.1, -0.05) is 55.9 Å². The van der Waals surface area contributed by atoms with E-state index < -0.39 is 5.97 Å². The highest BCUT2D eigenvalue weighted by molar-refractivity contribution is 8.26. The third-order valence-corrected chi connectivity index (χ3v) is 6.67. The molecule has 1 aromatic rings. The number of thiocarbonyl (C=S) groups is 1. The monoisotopic (exact) mass is 418 g/mol. The first-order chi connectivity index (χ1) is 13.5. The van der Waals surface area contributed by atoms with Crippen LogP contribution in [-0.4, -0.2) is 45.8 Å². The van der Waals surface area contributed by atoms with E-state index in [4.69, 9.17) is 17.3 Å². The number of hydrogen-bond acceptors (Lipinski definition) is 5. The van der Waals surface area contributed by atoms with Gasteiger partial charge in [-0.3, -0.25) is 14.5 Å². The predicted octanol–water partition coefficient (Wildman–Crippen LogP) is 4.38. The zero-order chi connectivity index (χ0) is 20.1. The number of carboxylic acids is 1. The Balaban J connectivity index is 1.62. The second-order valence-electron chi connectivity index (χ2n) is 7.29. The number of aliphatic carboxylic acids is 1. The number of hydrogen-bond donors (Lipinski definition) is 1. The molecule has 0 unspecified atom stereocenters. The van der Waals surface area contributed by atoms with Crippen molar-refractivity contribution in [2.75, 3.05) is 24.5 Å². The Kier molecular flexibility index (Phi) is 7.13. The first-order valence-electron chi connectivity index (χ1n) is 9.80. The summed E-state index contributed by atoms with van der Waals surface area (Å²) >= 11 is 6.46. The van der Waals surface area contributed by atoms with Crippen molar-refractivity contribution < 1.29 is 14.7 Å². The molecule has 0 atom stereocenters. The van der Waals surface area contributed by atoms with Crippen LogP contribution in [0.4, 0.5) is 5.69 Å². The number of carbonyl (C=O) groups excluding carboxylic acids is 1. The minimum Gasteiger partial charge on any atom is -0.481 e. The van der Waals surface area contributed by atoms with E-state index >= 15 is 0 Å². The van der Waals surface area contributed by atoms with Crippen molar-refractivity contribution >= 4 is 51.9 Å². The van der Waals surface area contributed by atoms with Gasteiger partial charge >= 0.3 is 5.97 Å². The molecule has 0 aromatic heterocycles. The second kappa shape index (κ2) is 9.56. The normalized spacial score (nSPS) is 19.7. The van der Waals surface area contributed by atoms with Crippen LogP contribution in [0, 0.1) is 5.92 Å². The van der Waals surface area contributed by atoms with Crippen molar-refractivity contribution in [2.45, 2.75) is 39.0 Å². The van der Waals surface area contributed by atoms with Crippen LogP contribution in [0.15, 0.2) is 29.2 Å². The zero-order valence-corrected chi connectivity index (χ0v) is 17.7. The molecule has 150 valence electrons. The van der Waals surface area contributed by atoms with Crippen molar-refractivity contribution in [2.24, 2.45) is 5.92 Å². The van der Waals surface area contributed by atoms with E-state index in [1.165, 1.54) is 48.0 Å². The van der Waals surface area contributed by atoms with Gasteiger partial charge in [-0.15, -0.1) is 0 Å². The minimum atomic E-state index is -0.938. The van der Waals surface area contributed by atoms with Gasteiger partial charge in [-0.05, 0) is 42.5 Å². The Labute approximate surface area is 175 Å². The number of anilines is 1. The lowest BCUT2D eigenvalue weighted by atomic mass is 9.92. The van der Waals surface area contributed by atoms with Gasteiger partial charge in [-0.25, -0.2) is 0 Å². The maximum atomic E-state index is 12.5. The molecule has 2 aliphatic rings. The molecule has 2 aliphatic heterocycles. The van der Waals surface area contributed by atoms with Crippen LogP contribution in [0.5, 0.6) is 0 Å². The summed E-state index contributed by atoms with van der Waals surface area (Å²) in [5.41, 5.74) is 2.17. The van der Waals surface area contributed by atoms with Gasteiger partial charge < -0.3 is 10.0 Å². The van der Waals surface area contributed by atoms with Gasteiger partial charge in [-0.2, -0.15) is 0 Å². The third-order valence-electron chi connectivity index (χ3n) is 5.29. The quantitative estimate of drug-likeness (QED) is 0.524. The van der Waals surface area contributed by atoms with E-state index in [1.54, 1.807) is 0 Å². The van der Waals surface area contributed by atoms with E-state index in [2.05, 4.69) is 24.0 Å². The van der Waals surface area contributed by atoms with Crippen molar-refractivity contribution in [3.05, 3.63) is 34.7 Å². The molecular weight excluding hydrogens is 392 g/mol. The fraction of sp³-hybridized carbons (Fsp3) is 0.476. The molecule has 2 saturated heterocycles. The van der Waals surface area contributed by atoms with E-state index in [9.17, 15) is 9.59 Å². The summed E-state index contributed by atoms with van der Waals surface area (Å²) in [6, 6.07) is 8.27. The van der Waals surface area contributed by atoms with E-state index in [0.29, 0.717) is 9.23 Å². The molecule has 0 radical (unpaired) electrons. The minimum absolute atomic E-state index is 0.108. The van der Waals surface area contributed by atoms with Gasteiger partial charge in [0.1, 0.15) is 4.32 Å². The molecule has 0 aliphatic carbocycles. The molecule has 7 heteroatoms. The predicted molar refractivity (Wildman–Crippen MR) is 118 cm³/mol. The summed E-state index contributed by atoms with van der Waals surface area (Å²) in [5.74, 6) is -0.283. The van der Waals surface area contributed by atoms with Crippen molar-refractivity contribution in [1.29, 1.82) is 0 Å². The first-order valence-corrected chi connectivity index (χ1v) is 11.0. The molecule has 1 aromatic carbocycles. The Bertz CT molecular complexity index is 768. The molecule has 3 rings (SSSR count). The lowest BCUT2D eigenvalue weighted by Crippen LogP contribution is -2.33. The average molecular weight is 419 g/mol. The molecule has 0 bridgehead atoms. The standard InChI is InChI=1S/C21H26N2O3S2/c1-2-3-15-8-11-22(12-9-15)17-6-4-16(5-7-17)14-18-20(26)23(21(27)28-18)13-10-19(24)25/h4-7,14-15H,2-3,8-13H2,1H3,(H,24,25). The highest BCUT2D eigenvalue weighted by Crippen LogP contribution is 2.33. The Morgan fingerprint density at radius 1 is 1.29 bits per heavy atom. The zero-order valence-electron chi connectivity index (χ0n) is 16.1. The van der Waals surface area contributed by atoms with Gasteiger partial charge in [0, 0.05) is 25.3 Å². The van der Waals surface area contributed by atoms with Crippen molar-refractivity contribution in [1.82, 2.24) is 4.90 Å². The summed E-state index contributed by atoms with van der Waals surface area (Å²) in [7, 11) is 0. The molecule has 1 amide bonds. The molecule has 28 heavy (non-hydrogen) atoms. The van der Waals surface area contributed by atoms with Gasteiger partial charge in [0.15, 0.2) is 0 Å². The van der Waals surface area contributed by atoms with Gasteiger partial charge in [0.05, 0.1) is 11.3 Å². The number of piperidine rings is 1. The lowest BCUT2D eigenvalue weighted by Gasteiger charge is -2.33. The molecule has 0 saturated carbocycles. The highest BCUT2D eigenvalue weighted by atomic mass is 32.2. The largest absolute Gasteiger partial charge is 0.481 e. The van der Waals surface area contributed by atoms with Crippen molar-refractivity contribution in [3.8, 4) is 0 Å². The number of carbonyl (C=O) groups is 2. The second-order valence-corrected chi connectivity index (χ2v) is 8.96. The van der Waals surface area contributed by atoms with E-state index in [-0.39, 0.29) is 18.9 Å². The number of carboxylic acid groups (broad SMARTS) is 1. The van der Waals surface area contributed by atoms with Crippen LogP contribution in [0.25, 0.3) is 6.08 Å². The van der Waals surface area contributed by atoms with Crippen LogP contribution in [0.3, 0.4) is 0 Å². The lowest BCUT2D eigenvalue weighted by molar-refractivity contribution is -0.137. The topological polar surface area (TPSA) is 60.9 Å². The Morgan fingerprint density at radius 2 is 1.96 bits per heavy atom. The van der Waals surface area contributed by atoms with Gasteiger partial charge in [0.25, 0.3) is 5.91 Å². The molecular formula is C21H26N2O3S2. The summed E-state index contributed by atoms with van der Waals surface area (Å²) < 4.78 is 0.420. The van der Waals surface area contributed by atoms with Crippen LogP contribution in [-0.2, 0) is 9.59 Å². The fourth-order valence-electron chi connectivity index (χ4n) is 3.72. The fourth-order valence-corrected chi connectivity index (χ4v) is 5.03. The number of benzene rings is 1. The maximum Gasteiger partial charge on any atom is 0.305 e. The summed E-state index contributed by atoms with van der Waals surface area (Å²) in [5, 5.41) is 8.82. The Morgan fingerprint density at radius 3 is 2.57 bits per heavy atom. The summed E-state index contributed by atoms with van der Waals surface area (Å²) in [6.45, 7) is 4.58. The molecule has 1 N–H and O–H groups in total. The molecule has 2 heterocycles. The number of nitrogens with zero attached hydrogens (tertiary/aromatic N) is 2. The highest BCUT2D eigenvalue weighted by Gasteiger charge is 2.32. The molecule has 5 nitrogen and oxygen atoms in total. The first kappa shape index (κ1) is 20.9. The van der Waals surface area contributed by atoms with Crippen molar-refractivity contribution in [3.63, 3.8) is 0 Å². The average Bonchev–Trinajstić information content (AvgIpc) is 2.94. The number of rotatable bonds is 7. The van der Waals surface area contributed by atoms with E-state index in [1.807, 2.05) is 18.2 Å². The van der Waals surface area contributed by atoms with Crippen LogP contribution < -0.4 is 4.90 Å². The number of thioether (sulfide) groups is 1. The van der Waals surface area contributed by atoms with Crippen LogP contribution in [0.2, 0.25) is 0 Å². The maximum absolute atomic E-state index is 12.5. The Hall–Kier alpha value is -1.86. The SMILES string of the molecule is CCCC1CCN(c2ccc(C=C3SC(=S)N(CCC(=O)O)C3=O)cc2)CC1. The van der Waals surface area contributed by atoms with Crippen LogP contribution >= 0.6 is 24.0 Å². The number of amides is 1. The summed E-state index contributed by atoms with van der Waals surface area (Å²) in [4.78, 5) is 27.6. The molecule has 0 spiro atoms. The van der Waals surface area contributed by atoms with E-state index in [0.717, 1.165) is 24.6 Å². The third kappa shape index (κ3) is 5.14. The smallest absolute Gasteiger partial charge is 0.305 e. The van der Waals surface area contributed by atoms with Crippen LogP contribution in [0.1, 0.15) is 44.6 Å². The molecule has 2 fully saturated rings.